The molecule has 3 rings (SSSR count). The van der Waals surface area contributed by atoms with E-state index in [4.69, 9.17) is 10.7 Å². The van der Waals surface area contributed by atoms with Gasteiger partial charge in [-0.15, -0.1) is 0 Å². The average Bonchev–Trinajstić information content (AvgIpc) is 2.94. The number of nitrogen functional groups attached to an aromatic ring is 1. The van der Waals surface area contributed by atoms with Crippen molar-refractivity contribution in [1.82, 2.24) is 9.97 Å². The molecule has 0 amide bonds. The molecule has 1 aliphatic carbocycles. The first-order chi connectivity index (χ1) is 9.29. The highest BCUT2D eigenvalue weighted by Gasteiger charge is 2.24. The maximum atomic E-state index is 6.12. The standard InChI is InChI=1S/C15H20N4/c1-2-19(11-7-3-4-8-11)15-14(16)17-12-9-5-6-10-13(12)18-15/h5-6,9-11H,2-4,7-8H2,1H3,(H2,16,17). The summed E-state index contributed by atoms with van der Waals surface area (Å²) in [6, 6.07) is 8.47. The number of nitrogens with zero attached hydrogens (tertiary/aromatic N) is 3. The Kier molecular flexibility index (Phi) is 3.23. The van der Waals surface area contributed by atoms with Gasteiger partial charge in [0.15, 0.2) is 11.6 Å². The molecular formula is C15H20N4. The van der Waals surface area contributed by atoms with Crippen molar-refractivity contribution >= 4 is 22.7 Å². The quantitative estimate of drug-likeness (QED) is 0.917. The second-order valence-electron chi connectivity index (χ2n) is 5.15. The predicted molar refractivity (Wildman–Crippen MR) is 79.2 cm³/mol. The van der Waals surface area contributed by atoms with Crippen LogP contribution in [0.4, 0.5) is 11.6 Å². The molecule has 4 heteroatoms. The van der Waals surface area contributed by atoms with Crippen LogP contribution in [0.2, 0.25) is 0 Å². The lowest BCUT2D eigenvalue weighted by molar-refractivity contribution is 0.614. The van der Waals surface area contributed by atoms with E-state index < -0.39 is 0 Å². The number of anilines is 2. The van der Waals surface area contributed by atoms with Crippen molar-refractivity contribution in [2.24, 2.45) is 0 Å². The molecule has 0 unspecified atom stereocenters. The molecule has 0 saturated heterocycles. The second-order valence-corrected chi connectivity index (χ2v) is 5.15. The van der Waals surface area contributed by atoms with E-state index in [9.17, 15) is 0 Å². The lowest BCUT2D eigenvalue weighted by Crippen LogP contribution is -2.34. The Morgan fingerprint density at radius 3 is 2.42 bits per heavy atom. The van der Waals surface area contributed by atoms with Crippen LogP contribution in [0.5, 0.6) is 0 Å². The van der Waals surface area contributed by atoms with E-state index in [0.29, 0.717) is 11.9 Å². The summed E-state index contributed by atoms with van der Waals surface area (Å²) in [7, 11) is 0. The van der Waals surface area contributed by atoms with Crippen LogP contribution in [0.15, 0.2) is 24.3 Å². The third-order valence-electron chi connectivity index (χ3n) is 3.96. The van der Waals surface area contributed by atoms with Gasteiger partial charge in [-0.05, 0) is 31.9 Å². The molecule has 2 aromatic rings. The summed E-state index contributed by atoms with van der Waals surface area (Å²) in [6.07, 6.45) is 5.09. The first-order valence-electron chi connectivity index (χ1n) is 7.08. The fraction of sp³-hybridized carbons (Fsp3) is 0.467. The van der Waals surface area contributed by atoms with Crippen LogP contribution in [0.25, 0.3) is 11.0 Å². The van der Waals surface area contributed by atoms with Crippen molar-refractivity contribution in [3.05, 3.63) is 24.3 Å². The number of para-hydroxylation sites is 2. The molecule has 0 bridgehead atoms. The van der Waals surface area contributed by atoms with Gasteiger partial charge in [0.2, 0.25) is 0 Å². The van der Waals surface area contributed by atoms with Crippen LogP contribution in [0.3, 0.4) is 0 Å². The van der Waals surface area contributed by atoms with E-state index in [2.05, 4.69) is 16.8 Å². The maximum Gasteiger partial charge on any atom is 0.172 e. The molecule has 1 aliphatic rings. The van der Waals surface area contributed by atoms with Gasteiger partial charge in [-0.1, -0.05) is 25.0 Å². The fourth-order valence-corrected chi connectivity index (χ4v) is 3.01. The van der Waals surface area contributed by atoms with Crippen LogP contribution in [-0.4, -0.2) is 22.6 Å². The first-order valence-corrected chi connectivity index (χ1v) is 7.08. The molecule has 4 nitrogen and oxygen atoms in total. The Morgan fingerprint density at radius 2 is 1.79 bits per heavy atom. The molecule has 1 aromatic carbocycles. The lowest BCUT2D eigenvalue weighted by Gasteiger charge is -2.29. The van der Waals surface area contributed by atoms with E-state index >= 15 is 0 Å². The number of hydrogen-bond acceptors (Lipinski definition) is 4. The fourth-order valence-electron chi connectivity index (χ4n) is 3.01. The van der Waals surface area contributed by atoms with Crippen LogP contribution in [-0.2, 0) is 0 Å². The maximum absolute atomic E-state index is 6.12. The molecule has 1 heterocycles. The molecule has 0 aliphatic heterocycles. The smallest absolute Gasteiger partial charge is 0.172 e. The summed E-state index contributed by atoms with van der Waals surface area (Å²) in [4.78, 5) is 11.5. The number of fused-ring (bicyclic) bond motifs is 1. The van der Waals surface area contributed by atoms with Gasteiger partial charge in [0.25, 0.3) is 0 Å². The van der Waals surface area contributed by atoms with Crippen molar-refractivity contribution < 1.29 is 0 Å². The molecular weight excluding hydrogens is 236 g/mol. The molecule has 19 heavy (non-hydrogen) atoms. The third kappa shape index (κ3) is 2.23. The van der Waals surface area contributed by atoms with Gasteiger partial charge >= 0.3 is 0 Å². The molecule has 0 atom stereocenters. The molecule has 100 valence electrons. The third-order valence-corrected chi connectivity index (χ3v) is 3.96. The molecule has 1 fully saturated rings. The second kappa shape index (κ2) is 5.03. The highest BCUT2D eigenvalue weighted by molar-refractivity contribution is 5.79. The zero-order chi connectivity index (χ0) is 13.2. The van der Waals surface area contributed by atoms with Crippen molar-refractivity contribution in [3.63, 3.8) is 0 Å². The first kappa shape index (κ1) is 12.2. The van der Waals surface area contributed by atoms with Gasteiger partial charge < -0.3 is 10.6 Å². The molecule has 0 radical (unpaired) electrons. The molecule has 2 N–H and O–H groups in total. The largest absolute Gasteiger partial charge is 0.381 e. The Morgan fingerprint density at radius 1 is 1.16 bits per heavy atom. The minimum atomic E-state index is 0.549. The van der Waals surface area contributed by atoms with Crippen molar-refractivity contribution in [2.75, 3.05) is 17.2 Å². The summed E-state index contributed by atoms with van der Waals surface area (Å²) in [5.74, 6) is 1.40. The number of benzene rings is 1. The minimum Gasteiger partial charge on any atom is -0.381 e. The molecule has 0 spiro atoms. The zero-order valence-corrected chi connectivity index (χ0v) is 11.3. The van der Waals surface area contributed by atoms with E-state index in [1.165, 1.54) is 25.7 Å². The number of nitrogens with two attached hydrogens (primary N) is 1. The van der Waals surface area contributed by atoms with E-state index in [-0.39, 0.29) is 0 Å². The van der Waals surface area contributed by atoms with Crippen LogP contribution < -0.4 is 10.6 Å². The molecule has 1 aromatic heterocycles. The highest BCUT2D eigenvalue weighted by atomic mass is 15.2. The number of aromatic nitrogens is 2. The van der Waals surface area contributed by atoms with Gasteiger partial charge in [0, 0.05) is 12.6 Å². The SMILES string of the molecule is CCN(c1nc2ccccc2nc1N)C1CCCC1. The Bertz CT molecular complexity index is 575. The predicted octanol–water partition coefficient (Wildman–Crippen LogP) is 2.98. The van der Waals surface area contributed by atoms with Crippen molar-refractivity contribution in [3.8, 4) is 0 Å². The number of hydrogen-bond donors (Lipinski definition) is 1. The highest BCUT2D eigenvalue weighted by Crippen LogP contribution is 2.30. The number of rotatable bonds is 3. The summed E-state index contributed by atoms with van der Waals surface area (Å²) in [5, 5.41) is 0. The Labute approximate surface area is 113 Å². The average molecular weight is 256 g/mol. The summed E-state index contributed by atoms with van der Waals surface area (Å²) >= 11 is 0. The van der Waals surface area contributed by atoms with Crippen molar-refractivity contribution in [2.45, 2.75) is 38.6 Å². The Hall–Kier alpha value is -1.84. The van der Waals surface area contributed by atoms with Crippen LogP contribution in [0.1, 0.15) is 32.6 Å². The minimum absolute atomic E-state index is 0.549. The van der Waals surface area contributed by atoms with Crippen LogP contribution >= 0.6 is 0 Å². The van der Waals surface area contributed by atoms with E-state index in [1.807, 2.05) is 24.3 Å². The summed E-state index contributed by atoms with van der Waals surface area (Å²) in [5.41, 5.74) is 7.90. The van der Waals surface area contributed by atoms with Gasteiger partial charge in [-0.2, -0.15) is 0 Å². The van der Waals surface area contributed by atoms with Gasteiger partial charge in [-0.25, -0.2) is 9.97 Å². The van der Waals surface area contributed by atoms with Crippen LogP contribution in [0, 0.1) is 0 Å². The van der Waals surface area contributed by atoms with Gasteiger partial charge in [0.1, 0.15) is 0 Å². The summed E-state index contributed by atoms with van der Waals surface area (Å²) in [6.45, 7) is 3.09. The summed E-state index contributed by atoms with van der Waals surface area (Å²) < 4.78 is 0. The normalized spacial score (nSPS) is 16.1. The van der Waals surface area contributed by atoms with E-state index in [0.717, 1.165) is 23.4 Å². The van der Waals surface area contributed by atoms with Crippen molar-refractivity contribution in [1.29, 1.82) is 0 Å². The molecule has 1 saturated carbocycles. The van der Waals surface area contributed by atoms with E-state index in [1.54, 1.807) is 0 Å². The van der Waals surface area contributed by atoms with Gasteiger partial charge in [0.05, 0.1) is 11.0 Å². The lowest BCUT2D eigenvalue weighted by atomic mass is 10.2. The Balaban J connectivity index is 2.04. The zero-order valence-electron chi connectivity index (χ0n) is 11.3. The topological polar surface area (TPSA) is 55.0 Å². The monoisotopic (exact) mass is 256 g/mol. The van der Waals surface area contributed by atoms with Gasteiger partial charge in [-0.3, -0.25) is 0 Å².